The lowest BCUT2D eigenvalue weighted by Crippen LogP contribution is -2.55. The van der Waals surface area contributed by atoms with Crippen LogP contribution in [0.2, 0.25) is 0 Å². The highest BCUT2D eigenvalue weighted by atomic mass is 16.5. The van der Waals surface area contributed by atoms with Crippen LogP contribution in [0.5, 0.6) is 0 Å². The van der Waals surface area contributed by atoms with Crippen LogP contribution < -0.4 is 10.6 Å². The van der Waals surface area contributed by atoms with Gasteiger partial charge in [-0.3, -0.25) is 4.79 Å². The number of rotatable bonds is 8. The molecule has 180 valence electrons. The highest BCUT2D eigenvalue weighted by Crippen LogP contribution is 2.44. The van der Waals surface area contributed by atoms with E-state index in [9.17, 15) is 19.5 Å². The van der Waals surface area contributed by atoms with Gasteiger partial charge in [-0.05, 0) is 41.2 Å². The van der Waals surface area contributed by atoms with Crippen molar-refractivity contribution >= 4 is 18.0 Å². The molecule has 1 aliphatic rings. The zero-order valence-corrected chi connectivity index (χ0v) is 19.7. The topological polar surface area (TPSA) is 105 Å². The molecule has 1 aliphatic carbocycles. The molecule has 0 saturated heterocycles. The number of benzene rings is 3. The number of fused-ring (bicyclic) bond motifs is 3. The maximum atomic E-state index is 13.1. The van der Waals surface area contributed by atoms with Crippen LogP contribution in [0.4, 0.5) is 4.79 Å². The summed E-state index contributed by atoms with van der Waals surface area (Å²) in [5.41, 5.74) is 3.45. The van der Waals surface area contributed by atoms with E-state index in [0.717, 1.165) is 22.3 Å². The van der Waals surface area contributed by atoms with Crippen LogP contribution in [0, 0.1) is 0 Å². The number of hydrogen-bond acceptors (Lipinski definition) is 4. The average molecular weight is 473 g/mol. The Morgan fingerprint density at radius 1 is 0.914 bits per heavy atom. The van der Waals surface area contributed by atoms with Gasteiger partial charge in [0.2, 0.25) is 5.91 Å². The first-order valence-corrected chi connectivity index (χ1v) is 11.6. The molecule has 4 rings (SSSR count). The van der Waals surface area contributed by atoms with Gasteiger partial charge in [-0.15, -0.1) is 0 Å². The van der Waals surface area contributed by atoms with Crippen LogP contribution >= 0.6 is 0 Å². The molecule has 0 fully saturated rings. The first kappa shape index (κ1) is 24.0. The Morgan fingerprint density at radius 3 is 2.00 bits per heavy atom. The fraction of sp³-hybridized carbons (Fsp3) is 0.250. The van der Waals surface area contributed by atoms with Gasteiger partial charge in [-0.2, -0.15) is 0 Å². The SMILES string of the molecule is CCC(C)(NC(=O)[C@H](NC(=O)OCC1c2ccccc2-c2ccccc21)c1ccccc1)C(=O)O. The Balaban J connectivity index is 1.50. The molecular formula is C28H28N2O5. The molecule has 35 heavy (non-hydrogen) atoms. The number of carboxylic acid groups (broad SMARTS) is 1. The molecule has 7 nitrogen and oxygen atoms in total. The van der Waals surface area contributed by atoms with Crippen molar-refractivity contribution in [3.63, 3.8) is 0 Å². The number of carboxylic acids is 1. The number of amides is 2. The summed E-state index contributed by atoms with van der Waals surface area (Å²) in [6.07, 6.45) is -0.579. The van der Waals surface area contributed by atoms with Gasteiger partial charge in [0.25, 0.3) is 0 Å². The standard InChI is InChI=1S/C28H28N2O5/c1-3-28(2,26(32)33)30-25(31)24(18-11-5-4-6-12-18)29-27(34)35-17-23-21-15-9-7-13-19(21)20-14-8-10-16-22(20)23/h4-16,23-24H,3,17H2,1-2H3,(H,29,34)(H,30,31)(H,32,33)/t24-,28?/m1/s1. The second-order valence-electron chi connectivity index (χ2n) is 8.79. The summed E-state index contributed by atoms with van der Waals surface area (Å²) in [5, 5.41) is 14.7. The maximum Gasteiger partial charge on any atom is 0.408 e. The molecule has 3 N–H and O–H groups in total. The maximum absolute atomic E-state index is 13.1. The molecule has 0 heterocycles. The number of aliphatic carboxylic acids is 1. The summed E-state index contributed by atoms with van der Waals surface area (Å²) in [5.74, 6) is -1.90. The summed E-state index contributed by atoms with van der Waals surface area (Å²) < 4.78 is 5.60. The third-order valence-electron chi connectivity index (χ3n) is 6.58. The summed E-state index contributed by atoms with van der Waals surface area (Å²) in [6, 6.07) is 23.6. The summed E-state index contributed by atoms with van der Waals surface area (Å²) in [6.45, 7) is 3.21. The lowest BCUT2D eigenvalue weighted by Gasteiger charge is -2.28. The minimum Gasteiger partial charge on any atom is -0.480 e. The van der Waals surface area contributed by atoms with E-state index in [2.05, 4.69) is 22.8 Å². The minimum absolute atomic E-state index is 0.102. The van der Waals surface area contributed by atoms with E-state index in [-0.39, 0.29) is 18.9 Å². The smallest absolute Gasteiger partial charge is 0.408 e. The highest BCUT2D eigenvalue weighted by Gasteiger charge is 2.36. The van der Waals surface area contributed by atoms with Crippen molar-refractivity contribution in [2.45, 2.75) is 37.8 Å². The lowest BCUT2D eigenvalue weighted by molar-refractivity contribution is -0.147. The van der Waals surface area contributed by atoms with Crippen molar-refractivity contribution in [1.29, 1.82) is 0 Å². The second-order valence-corrected chi connectivity index (χ2v) is 8.79. The van der Waals surface area contributed by atoms with E-state index < -0.39 is 29.6 Å². The van der Waals surface area contributed by atoms with E-state index in [1.807, 2.05) is 36.4 Å². The van der Waals surface area contributed by atoms with Crippen molar-refractivity contribution in [2.24, 2.45) is 0 Å². The Kier molecular flexibility index (Phi) is 6.87. The molecule has 3 aromatic carbocycles. The van der Waals surface area contributed by atoms with Gasteiger partial charge >= 0.3 is 12.1 Å². The van der Waals surface area contributed by atoms with E-state index in [0.29, 0.717) is 5.56 Å². The molecule has 1 unspecified atom stereocenters. The molecule has 2 atom stereocenters. The normalized spacial score (nSPS) is 14.7. The number of alkyl carbamates (subject to hydrolysis) is 1. The fourth-order valence-electron chi connectivity index (χ4n) is 4.34. The fourth-order valence-corrected chi connectivity index (χ4v) is 4.34. The molecule has 0 saturated carbocycles. The molecular weight excluding hydrogens is 444 g/mol. The molecule has 0 bridgehead atoms. The Bertz CT molecular complexity index is 1200. The Hall–Kier alpha value is -4.13. The van der Waals surface area contributed by atoms with Crippen LogP contribution in [0.3, 0.4) is 0 Å². The van der Waals surface area contributed by atoms with Crippen LogP contribution in [-0.4, -0.2) is 35.2 Å². The Labute approximate surface area is 204 Å². The zero-order valence-electron chi connectivity index (χ0n) is 19.7. The van der Waals surface area contributed by atoms with Crippen LogP contribution in [0.1, 0.15) is 48.9 Å². The van der Waals surface area contributed by atoms with Crippen molar-refractivity contribution in [1.82, 2.24) is 10.6 Å². The second kappa shape index (κ2) is 10.0. The average Bonchev–Trinajstić information content (AvgIpc) is 3.20. The van der Waals surface area contributed by atoms with Crippen LogP contribution in [0.15, 0.2) is 78.9 Å². The number of hydrogen-bond donors (Lipinski definition) is 3. The highest BCUT2D eigenvalue weighted by molar-refractivity contribution is 5.91. The number of carbonyl (C=O) groups is 3. The minimum atomic E-state index is -1.47. The van der Waals surface area contributed by atoms with Gasteiger partial charge < -0.3 is 20.5 Å². The number of carbonyl (C=O) groups excluding carboxylic acids is 2. The van der Waals surface area contributed by atoms with Crippen molar-refractivity contribution in [3.8, 4) is 11.1 Å². The lowest BCUT2D eigenvalue weighted by atomic mass is 9.97. The van der Waals surface area contributed by atoms with Gasteiger partial charge in [0.05, 0.1) is 0 Å². The first-order valence-electron chi connectivity index (χ1n) is 11.6. The largest absolute Gasteiger partial charge is 0.480 e. The Morgan fingerprint density at radius 2 is 1.46 bits per heavy atom. The monoisotopic (exact) mass is 472 g/mol. The van der Waals surface area contributed by atoms with E-state index in [1.54, 1.807) is 37.3 Å². The van der Waals surface area contributed by atoms with Gasteiger partial charge in [-0.1, -0.05) is 85.8 Å². The van der Waals surface area contributed by atoms with Crippen molar-refractivity contribution < 1.29 is 24.2 Å². The first-order chi connectivity index (χ1) is 16.8. The van der Waals surface area contributed by atoms with Crippen molar-refractivity contribution in [3.05, 3.63) is 95.6 Å². The van der Waals surface area contributed by atoms with Crippen LogP contribution in [0.25, 0.3) is 11.1 Å². The van der Waals surface area contributed by atoms with Crippen molar-refractivity contribution in [2.75, 3.05) is 6.61 Å². The molecule has 0 aromatic heterocycles. The zero-order chi connectivity index (χ0) is 25.0. The molecule has 0 radical (unpaired) electrons. The summed E-state index contributed by atoms with van der Waals surface area (Å²) >= 11 is 0. The molecule has 0 spiro atoms. The predicted octanol–water partition coefficient (Wildman–Crippen LogP) is 4.64. The van der Waals surface area contributed by atoms with Gasteiger partial charge in [0.1, 0.15) is 18.2 Å². The van der Waals surface area contributed by atoms with E-state index in [1.165, 1.54) is 6.92 Å². The molecule has 7 heteroatoms. The number of ether oxygens (including phenoxy) is 1. The molecule has 0 aliphatic heterocycles. The van der Waals surface area contributed by atoms with Gasteiger partial charge in [0, 0.05) is 5.92 Å². The van der Waals surface area contributed by atoms with E-state index >= 15 is 0 Å². The van der Waals surface area contributed by atoms with Gasteiger partial charge in [0.15, 0.2) is 0 Å². The molecule has 3 aromatic rings. The number of nitrogens with one attached hydrogen (secondary N) is 2. The third-order valence-corrected chi connectivity index (χ3v) is 6.58. The summed E-state index contributed by atoms with van der Waals surface area (Å²) in [4.78, 5) is 37.6. The predicted molar refractivity (Wildman–Crippen MR) is 132 cm³/mol. The van der Waals surface area contributed by atoms with Gasteiger partial charge in [-0.25, -0.2) is 9.59 Å². The molecule has 2 amide bonds. The summed E-state index contributed by atoms with van der Waals surface area (Å²) in [7, 11) is 0. The third kappa shape index (κ3) is 4.89. The quantitative estimate of drug-likeness (QED) is 0.443. The van der Waals surface area contributed by atoms with Crippen LogP contribution in [-0.2, 0) is 14.3 Å². The van der Waals surface area contributed by atoms with E-state index in [4.69, 9.17) is 4.74 Å².